The fourth-order valence-corrected chi connectivity index (χ4v) is 9.18. The molecule has 158 valence electrons. The minimum atomic E-state index is -2.97. The van der Waals surface area contributed by atoms with Gasteiger partial charge in [-0.1, -0.05) is 81.4 Å². The van der Waals surface area contributed by atoms with E-state index >= 15 is 0 Å². The second-order valence-corrected chi connectivity index (χ2v) is 13.1. The summed E-state index contributed by atoms with van der Waals surface area (Å²) in [4.78, 5) is 0. The van der Waals surface area contributed by atoms with Crippen LogP contribution in [0.15, 0.2) is 60.7 Å². The summed E-state index contributed by atoms with van der Waals surface area (Å²) in [6.45, 7) is 7.29. The Balaban J connectivity index is 2.23. The van der Waals surface area contributed by atoms with Crippen molar-refractivity contribution < 1.29 is 24.5 Å². The van der Waals surface area contributed by atoms with Crippen LogP contribution in [0.3, 0.4) is 0 Å². The van der Waals surface area contributed by atoms with Crippen LogP contribution in [-0.4, -0.2) is 60.8 Å². The SMILES string of the molecule is C[C@@H]1OC(CO)(CO)[C@@H](O[Si](c2ccccc2)(c2ccccc2)C(C)(C)C)[C@@H]1O. The molecule has 5 nitrogen and oxygen atoms in total. The lowest BCUT2D eigenvalue weighted by Gasteiger charge is -2.47. The summed E-state index contributed by atoms with van der Waals surface area (Å²) in [6, 6.07) is 20.2. The van der Waals surface area contributed by atoms with Gasteiger partial charge in [-0.05, 0) is 22.3 Å². The zero-order valence-corrected chi connectivity index (χ0v) is 18.6. The molecule has 1 saturated heterocycles. The van der Waals surface area contributed by atoms with E-state index in [0.29, 0.717) is 0 Å². The van der Waals surface area contributed by atoms with Gasteiger partial charge in [-0.2, -0.15) is 0 Å². The van der Waals surface area contributed by atoms with E-state index in [1.54, 1.807) is 6.92 Å². The predicted molar refractivity (Wildman–Crippen MR) is 116 cm³/mol. The van der Waals surface area contributed by atoms with Crippen LogP contribution >= 0.6 is 0 Å². The maximum absolute atomic E-state index is 10.9. The van der Waals surface area contributed by atoms with Crippen LogP contribution in [0, 0.1) is 0 Å². The van der Waals surface area contributed by atoms with Gasteiger partial charge in [0.25, 0.3) is 8.32 Å². The van der Waals surface area contributed by atoms with Crippen molar-refractivity contribution >= 4 is 18.7 Å². The maximum Gasteiger partial charge on any atom is 0.261 e. The number of aliphatic hydroxyl groups excluding tert-OH is 3. The molecule has 0 saturated carbocycles. The first-order valence-electron chi connectivity index (χ1n) is 10.1. The zero-order valence-electron chi connectivity index (χ0n) is 17.6. The standard InChI is InChI=1S/C23H32O5Si/c1-17-20(26)21(23(15-24,16-25)27-17)28-29(22(2,3)4,18-11-7-5-8-12-18)19-13-9-6-10-14-19/h5-14,17,20-21,24-26H,15-16H2,1-4H3/t17-,20+,21-/m0/s1. The van der Waals surface area contributed by atoms with Gasteiger partial charge in [0.15, 0.2) is 0 Å². The van der Waals surface area contributed by atoms with Crippen LogP contribution in [0.4, 0.5) is 0 Å². The number of hydrogen-bond donors (Lipinski definition) is 3. The summed E-state index contributed by atoms with van der Waals surface area (Å²) in [5, 5.41) is 33.0. The fourth-order valence-electron chi connectivity index (χ4n) is 4.43. The smallest absolute Gasteiger partial charge is 0.261 e. The van der Waals surface area contributed by atoms with Gasteiger partial charge >= 0.3 is 0 Å². The van der Waals surface area contributed by atoms with E-state index in [4.69, 9.17) is 9.16 Å². The molecule has 1 aliphatic heterocycles. The van der Waals surface area contributed by atoms with Crippen molar-refractivity contribution in [1.82, 2.24) is 0 Å². The minimum Gasteiger partial charge on any atom is -0.399 e. The molecule has 0 radical (unpaired) electrons. The van der Waals surface area contributed by atoms with Crippen LogP contribution < -0.4 is 10.4 Å². The van der Waals surface area contributed by atoms with Gasteiger partial charge in [0.2, 0.25) is 0 Å². The molecule has 0 spiro atoms. The molecule has 1 aliphatic rings. The largest absolute Gasteiger partial charge is 0.399 e. The molecule has 2 aromatic carbocycles. The molecule has 2 aromatic rings. The van der Waals surface area contributed by atoms with Gasteiger partial charge in [0.1, 0.15) is 17.8 Å². The molecule has 0 unspecified atom stereocenters. The Morgan fingerprint density at radius 3 is 1.76 bits per heavy atom. The zero-order chi connectivity index (χ0) is 21.3. The molecule has 6 heteroatoms. The van der Waals surface area contributed by atoms with E-state index in [0.717, 1.165) is 10.4 Å². The highest BCUT2D eigenvalue weighted by atomic mass is 28.4. The molecular weight excluding hydrogens is 384 g/mol. The van der Waals surface area contributed by atoms with E-state index < -0.39 is 45.4 Å². The molecule has 1 heterocycles. The van der Waals surface area contributed by atoms with Crippen molar-refractivity contribution in [1.29, 1.82) is 0 Å². The van der Waals surface area contributed by atoms with E-state index in [9.17, 15) is 15.3 Å². The third kappa shape index (κ3) is 3.69. The minimum absolute atomic E-state index is 0.294. The van der Waals surface area contributed by atoms with Crippen molar-refractivity contribution in [3.8, 4) is 0 Å². The number of aliphatic hydroxyl groups is 3. The summed E-state index contributed by atoms with van der Waals surface area (Å²) in [5.74, 6) is 0. The van der Waals surface area contributed by atoms with Gasteiger partial charge in [-0.25, -0.2) is 0 Å². The average molecular weight is 417 g/mol. The molecule has 1 fully saturated rings. The summed E-state index contributed by atoms with van der Waals surface area (Å²) in [6.07, 6.45) is -2.38. The second-order valence-electron chi connectivity index (χ2n) is 8.90. The van der Waals surface area contributed by atoms with Gasteiger partial charge in [0.05, 0.1) is 19.3 Å². The maximum atomic E-state index is 10.9. The first-order chi connectivity index (χ1) is 13.7. The third-order valence-corrected chi connectivity index (χ3v) is 11.0. The molecule has 0 aliphatic carbocycles. The highest BCUT2D eigenvalue weighted by Gasteiger charge is 2.60. The van der Waals surface area contributed by atoms with Gasteiger partial charge in [-0.15, -0.1) is 0 Å². The van der Waals surface area contributed by atoms with Crippen LogP contribution in [0.1, 0.15) is 27.7 Å². The molecule has 29 heavy (non-hydrogen) atoms. The van der Waals surface area contributed by atoms with Crippen LogP contribution in [-0.2, 0) is 9.16 Å². The molecule has 3 N–H and O–H groups in total. The topological polar surface area (TPSA) is 79.2 Å². The Morgan fingerprint density at radius 1 is 0.931 bits per heavy atom. The average Bonchev–Trinajstić information content (AvgIpc) is 2.96. The Hall–Kier alpha value is -1.54. The van der Waals surface area contributed by atoms with Crippen LogP contribution in [0.25, 0.3) is 0 Å². The Bertz CT molecular complexity index is 746. The molecule has 3 atom stereocenters. The molecule has 3 rings (SSSR count). The first kappa shape index (κ1) is 22.1. The molecule has 0 amide bonds. The number of rotatable bonds is 6. The molecular formula is C23H32O5Si. The highest BCUT2D eigenvalue weighted by Crippen LogP contribution is 2.42. The summed E-state index contributed by atoms with van der Waals surface area (Å²) < 4.78 is 12.8. The number of ether oxygens (including phenoxy) is 1. The first-order valence-corrected chi connectivity index (χ1v) is 12.0. The van der Waals surface area contributed by atoms with E-state index in [1.165, 1.54) is 0 Å². The van der Waals surface area contributed by atoms with Gasteiger partial charge < -0.3 is 24.5 Å². The molecule has 0 aromatic heterocycles. The number of benzene rings is 2. The van der Waals surface area contributed by atoms with Gasteiger partial charge in [-0.3, -0.25) is 0 Å². The lowest BCUT2D eigenvalue weighted by atomic mass is 9.96. The normalized spacial score (nSPS) is 24.6. The fraction of sp³-hybridized carbons (Fsp3) is 0.478. The van der Waals surface area contributed by atoms with Crippen LogP contribution in [0.5, 0.6) is 0 Å². The van der Waals surface area contributed by atoms with E-state index in [2.05, 4.69) is 45.0 Å². The third-order valence-electron chi connectivity index (χ3n) is 5.99. The van der Waals surface area contributed by atoms with Crippen molar-refractivity contribution in [3.63, 3.8) is 0 Å². The predicted octanol–water partition coefficient (Wildman–Crippen LogP) is 1.43. The lowest BCUT2D eigenvalue weighted by Crippen LogP contribution is -2.70. The summed E-state index contributed by atoms with van der Waals surface area (Å²) in [7, 11) is -2.97. The number of hydrogen-bond acceptors (Lipinski definition) is 5. The van der Waals surface area contributed by atoms with E-state index in [1.807, 2.05) is 36.4 Å². The molecule has 0 bridgehead atoms. The van der Waals surface area contributed by atoms with Gasteiger partial charge in [0, 0.05) is 0 Å². The lowest BCUT2D eigenvalue weighted by molar-refractivity contribution is -0.129. The monoisotopic (exact) mass is 416 g/mol. The van der Waals surface area contributed by atoms with Crippen molar-refractivity contribution in [3.05, 3.63) is 60.7 Å². The summed E-state index contributed by atoms with van der Waals surface area (Å²) in [5.41, 5.74) is -1.36. The summed E-state index contributed by atoms with van der Waals surface area (Å²) >= 11 is 0. The van der Waals surface area contributed by atoms with Crippen molar-refractivity contribution in [2.75, 3.05) is 13.2 Å². The Morgan fingerprint density at radius 2 is 1.38 bits per heavy atom. The van der Waals surface area contributed by atoms with Crippen molar-refractivity contribution in [2.45, 2.75) is 56.6 Å². The highest BCUT2D eigenvalue weighted by molar-refractivity contribution is 6.99. The van der Waals surface area contributed by atoms with Crippen molar-refractivity contribution in [2.24, 2.45) is 0 Å². The second kappa shape index (κ2) is 8.30. The Kier molecular flexibility index (Phi) is 6.34. The van der Waals surface area contributed by atoms with Crippen LogP contribution in [0.2, 0.25) is 5.04 Å². The Labute approximate surface area is 174 Å². The van der Waals surface area contributed by atoms with E-state index in [-0.39, 0.29) is 5.04 Å². The quantitative estimate of drug-likeness (QED) is 0.621.